The summed E-state index contributed by atoms with van der Waals surface area (Å²) in [7, 11) is 0. The van der Waals surface area contributed by atoms with Crippen molar-refractivity contribution in [3.05, 3.63) is 76.6 Å². The van der Waals surface area contributed by atoms with Crippen LogP contribution in [-0.4, -0.2) is 40.9 Å². The minimum absolute atomic E-state index is 0. The molecular weight excluding hydrogens is 541 g/mol. The zero-order chi connectivity index (χ0) is 27.3. The summed E-state index contributed by atoms with van der Waals surface area (Å²) in [6, 6.07) is 17.6. The van der Waals surface area contributed by atoms with Crippen LogP contribution in [0.3, 0.4) is 0 Å². The molecule has 2 amide bonds. The van der Waals surface area contributed by atoms with E-state index in [-0.39, 0.29) is 53.4 Å². The number of halogens is 2. The van der Waals surface area contributed by atoms with E-state index >= 15 is 0 Å². The van der Waals surface area contributed by atoms with Crippen molar-refractivity contribution in [2.75, 3.05) is 24.6 Å². The first-order chi connectivity index (χ1) is 18.3. The van der Waals surface area contributed by atoms with Crippen molar-refractivity contribution in [3.8, 4) is 5.75 Å². The Bertz CT molecular complexity index is 1200. The number of nitrogens with two attached hydrogens (primary N) is 3. The summed E-state index contributed by atoms with van der Waals surface area (Å²) >= 11 is 5.80. The van der Waals surface area contributed by atoms with Crippen molar-refractivity contribution < 1.29 is 14.3 Å². The summed E-state index contributed by atoms with van der Waals surface area (Å²) in [6.45, 7) is 1.33. The number of nitrogens with zero attached hydrogens (tertiary/aromatic N) is 2. The van der Waals surface area contributed by atoms with Gasteiger partial charge in [-0.25, -0.2) is 9.97 Å². The maximum absolute atomic E-state index is 12.2. The van der Waals surface area contributed by atoms with Crippen molar-refractivity contribution in [2.24, 2.45) is 5.73 Å². The Kier molecular flexibility index (Phi) is 13.3. The number of rotatable bonds is 14. The van der Waals surface area contributed by atoms with Gasteiger partial charge in [0.05, 0.1) is 0 Å². The van der Waals surface area contributed by atoms with Crippen LogP contribution < -0.4 is 32.6 Å². The fourth-order valence-corrected chi connectivity index (χ4v) is 3.74. The minimum Gasteiger partial charge on any atom is -0.489 e. The van der Waals surface area contributed by atoms with Gasteiger partial charge in [-0.05, 0) is 42.5 Å². The third-order valence-electron chi connectivity index (χ3n) is 5.78. The number of hydrogen-bond donors (Lipinski definition) is 5. The maximum atomic E-state index is 12.2. The van der Waals surface area contributed by atoms with Gasteiger partial charge in [-0.3, -0.25) is 9.59 Å². The largest absolute Gasteiger partial charge is 0.489 e. The van der Waals surface area contributed by atoms with E-state index in [0.717, 1.165) is 29.7 Å². The molecule has 0 radical (unpaired) electrons. The molecule has 3 rings (SSSR count). The average Bonchev–Trinajstić information content (AvgIpc) is 2.92. The van der Waals surface area contributed by atoms with Crippen LogP contribution in [0.15, 0.2) is 54.6 Å². The van der Waals surface area contributed by atoms with Gasteiger partial charge in [0.25, 0.3) is 5.91 Å². The predicted octanol–water partition coefficient (Wildman–Crippen LogP) is 3.27. The van der Waals surface area contributed by atoms with Gasteiger partial charge in [0.1, 0.15) is 12.4 Å². The van der Waals surface area contributed by atoms with Gasteiger partial charge in [-0.1, -0.05) is 60.5 Å². The lowest BCUT2D eigenvalue weighted by Crippen LogP contribution is -2.38. The molecule has 10 nitrogen and oxygen atoms in total. The average molecular weight is 577 g/mol. The SMILES string of the molecule is Cl.Nc1nc(N)c(C(=O)NC[C@@H](N)CCCCNC(=O)CCc2ccc(OCc3ccccc3)cc2)nc1Cl. The number of amides is 2. The number of ether oxygens (including phenoxy) is 1. The number of aryl methyl sites for hydroxylation is 1. The molecule has 0 saturated heterocycles. The summed E-state index contributed by atoms with van der Waals surface area (Å²) in [5.41, 5.74) is 19.4. The number of anilines is 2. The number of carbonyl (C=O) groups is 2. The van der Waals surface area contributed by atoms with Gasteiger partial charge in [-0.2, -0.15) is 0 Å². The molecule has 0 aliphatic carbocycles. The van der Waals surface area contributed by atoms with Crippen LogP contribution in [0.5, 0.6) is 5.75 Å². The Labute approximate surface area is 239 Å². The standard InChI is InChI=1S/C27H34ClN7O3.ClH/c28-24-26(31)35-25(30)23(34-24)27(37)33-16-20(29)8-4-5-15-32-22(36)14-11-18-9-12-21(13-10-18)38-17-19-6-2-1-3-7-19;/h1-3,6-7,9-10,12-13,20H,4-5,8,11,14-17,29H2,(H,32,36)(H,33,37)(H4,30,31,35);1H/t20-;/m0./s1. The molecule has 1 atom stereocenters. The molecule has 0 spiro atoms. The Hall–Kier alpha value is -3.60. The molecule has 210 valence electrons. The van der Waals surface area contributed by atoms with E-state index in [2.05, 4.69) is 20.6 Å². The Balaban J connectivity index is 0.00000533. The van der Waals surface area contributed by atoms with Gasteiger partial charge in [0.2, 0.25) is 5.91 Å². The Morgan fingerprint density at radius 2 is 1.64 bits per heavy atom. The molecule has 2 aromatic carbocycles. The minimum atomic E-state index is -0.519. The van der Waals surface area contributed by atoms with E-state index in [1.807, 2.05) is 54.6 Å². The molecular formula is C27H35Cl2N7O3. The highest BCUT2D eigenvalue weighted by Crippen LogP contribution is 2.17. The van der Waals surface area contributed by atoms with Crippen LogP contribution in [0.25, 0.3) is 0 Å². The van der Waals surface area contributed by atoms with E-state index in [1.54, 1.807) is 0 Å². The van der Waals surface area contributed by atoms with E-state index < -0.39 is 5.91 Å². The van der Waals surface area contributed by atoms with Crippen molar-refractivity contribution >= 4 is 47.5 Å². The van der Waals surface area contributed by atoms with Crippen LogP contribution in [-0.2, 0) is 17.8 Å². The number of carbonyl (C=O) groups excluding carboxylic acids is 2. The smallest absolute Gasteiger partial charge is 0.273 e. The molecule has 1 heterocycles. The molecule has 3 aromatic rings. The van der Waals surface area contributed by atoms with Crippen LogP contribution in [0.1, 0.15) is 47.3 Å². The molecule has 1 aromatic heterocycles. The number of benzene rings is 2. The van der Waals surface area contributed by atoms with Gasteiger partial charge in [0, 0.05) is 25.6 Å². The molecule has 0 aliphatic rings. The first kappa shape index (κ1) is 31.6. The van der Waals surface area contributed by atoms with E-state index in [4.69, 9.17) is 33.5 Å². The molecule has 8 N–H and O–H groups in total. The lowest BCUT2D eigenvalue weighted by Gasteiger charge is -2.13. The highest BCUT2D eigenvalue weighted by atomic mass is 35.5. The van der Waals surface area contributed by atoms with Gasteiger partial charge in [-0.15, -0.1) is 12.4 Å². The lowest BCUT2D eigenvalue weighted by atomic mass is 10.1. The van der Waals surface area contributed by atoms with E-state index in [0.29, 0.717) is 32.4 Å². The highest BCUT2D eigenvalue weighted by molar-refractivity contribution is 6.31. The molecule has 39 heavy (non-hydrogen) atoms. The number of nitrogens with one attached hydrogen (secondary N) is 2. The maximum Gasteiger partial charge on any atom is 0.273 e. The van der Waals surface area contributed by atoms with Crippen LogP contribution in [0.4, 0.5) is 11.6 Å². The van der Waals surface area contributed by atoms with Crippen molar-refractivity contribution in [1.29, 1.82) is 0 Å². The molecule has 0 unspecified atom stereocenters. The number of aromatic nitrogens is 2. The van der Waals surface area contributed by atoms with Crippen LogP contribution in [0.2, 0.25) is 5.15 Å². The number of unbranched alkanes of at least 4 members (excludes halogenated alkanes) is 1. The van der Waals surface area contributed by atoms with E-state index in [9.17, 15) is 9.59 Å². The zero-order valence-corrected chi connectivity index (χ0v) is 23.1. The van der Waals surface area contributed by atoms with E-state index in [1.165, 1.54) is 0 Å². The van der Waals surface area contributed by atoms with Crippen molar-refractivity contribution in [3.63, 3.8) is 0 Å². The zero-order valence-electron chi connectivity index (χ0n) is 21.6. The summed E-state index contributed by atoms with van der Waals surface area (Å²) in [4.78, 5) is 32.1. The summed E-state index contributed by atoms with van der Waals surface area (Å²) in [5, 5.41) is 5.52. The second kappa shape index (κ2) is 16.4. The first-order valence-electron chi connectivity index (χ1n) is 12.5. The predicted molar refractivity (Wildman–Crippen MR) is 156 cm³/mol. The Morgan fingerprint density at radius 3 is 2.36 bits per heavy atom. The van der Waals surface area contributed by atoms with Crippen LogP contribution in [0, 0.1) is 0 Å². The number of nitrogen functional groups attached to an aromatic ring is 2. The third kappa shape index (κ3) is 11.0. The number of hydrogen-bond acceptors (Lipinski definition) is 8. The topological polar surface area (TPSA) is 171 Å². The molecule has 0 saturated carbocycles. The Morgan fingerprint density at radius 1 is 0.923 bits per heavy atom. The van der Waals surface area contributed by atoms with Gasteiger partial charge >= 0.3 is 0 Å². The van der Waals surface area contributed by atoms with Crippen LogP contribution >= 0.6 is 24.0 Å². The summed E-state index contributed by atoms with van der Waals surface area (Å²) in [6.07, 6.45) is 3.34. The fourth-order valence-electron chi connectivity index (χ4n) is 3.62. The highest BCUT2D eigenvalue weighted by Gasteiger charge is 2.16. The normalized spacial score (nSPS) is 11.2. The third-order valence-corrected chi connectivity index (χ3v) is 6.06. The fraction of sp³-hybridized carbons (Fsp3) is 0.333. The van der Waals surface area contributed by atoms with Gasteiger partial charge < -0.3 is 32.6 Å². The lowest BCUT2D eigenvalue weighted by molar-refractivity contribution is -0.121. The quantitative estimate of drug-likeness (QED) is 0.182. The molecule has 0 aliphatic heterocycles. The first-order valence-corrected chi connectivity index (χ1v) is 12.8. The summed E-state index contributed by atoms with van der Waals surface area (Å²) in [5.74, 6) is 0.148. The molecule has 0 bridgehead atoms. The van der Waals surface area contributed by atoms with Gasteiger partial charge in [0.15, 0.2) is 22.5 Å². The second-order valence-electron chi connectivity index (χ2n) is 8.87. The van der Waals surface area contributed by atoms with Crippen molar-refractivity contribution in [1.82, 2.24) is 20.6 Å². The summed E-state index contributed by atoms with van der Waals surface area (Å²) < 4.78 is 5.80. The van der Waals surface area contributed by atoms with Crippen molar-refractivity contribution in [2.45, 2.75) is 44.8 Å². The monoisotopic (exact) mass is 575 g/mol. The molecule has 12 heteroatoms. The molecule has 0 fully saturated rings. The second-order valence-corrected chi connectivity index (χ2v) is 9.23.